The van der Waals surface area contributed by atoms with Gasteiger partial charge in [-0.1, -0.05) is 70.5 Å². The molecule has 4 heteroatoms. The summed E-state index contributed by atoms with van der Waals surface area (Å²) < 4.78 is 14.3. The lowest BCUT2D eigenvalue weighted by Crippen LogP contribution is -2.12. The average molecular weight is 408 g/mol. The second-order valence-corrected chi connectivity index (χ2v) is 8.39. The van der Waals surface area contributed by atoms with Crippen LogP contribution in [-0.2, 0) is 4.57 Å². The molecule has 1 unspecified atom stereocenters. The van der Waals surface area contributed by atoms with Crippen LogP contribution in [-0.4, -0.2) is 4.98 Å². The highest BCUT2D eigenvalue weighted by molar-refractivity contribution is 9.10. The Labute approximate surface area is 155 Å². The highest BCUT2D eigenvalue weighted by atomic mass is 79.9. The molecule has 1 aromatic heterocycles. The molecule has 0 N–H and O–H groups in total. The third-order valence-electron chi connectivity index (χ3n) is 4.20. The van der Waals surface area contributed by atoms with Gasteiger partial charge in [0.05, 0.1) is 0 Å². The fourth-order valence-electron chi connectivity index (χ4n) is 3.02. The number of pyridine rings is 1. The first-order chi connectivity index (χ1) is 12.2. The summed E-state index contributed by atoms with van der Waals surface area (Å²) in [7, 11) is -2.19. The Morgan fingerprint density at radius 3 is 2.32 bits per heavy atom. The van der Waals surface area contributed by atoms with Crippen molar-refractivity contribution in [3.63, 3.8) is 0 Å². The summed E-state index contributed by atoms with van der Waals surface area (Å²) in [5.41, 5.74) is 2.73. The highest BCUT2D eigenvalue weighted by Gasteiger charge is 2.16. The molecule has 1 heterocycles. The van der Waals surface area contributed by atoms with E-state index in [9.17, 15) is 4.57 Å². The van der Waals surface area contributed by atoms with Crippen LogP contribution in [0.1, 0.15) is 0 Å². The van der Waals surface area contributed by atoms with E-state index in [-0.39, 0.29) is 0 Å². The monoisotopic (exact) mass is 407 g/mol. The predicted molar refractivity (Wildman–Crippen MR) is 110 cm³/mol. The molecule has 0 amide bonds. The minimum Gasteiger partial charge on any atom is -0.315 e. The molecular formula is C21H15BrNOP. The lowest BCUT2D eigenvalue weighted by atomic mass is 9.98. The largest absolute Gasteiger partial charge is 0.315 e. The van der Waals surface area contributed by atoms with Crippen molar-refractivity contribution in [2.75, 3.05) is 0 Å². The van der Waals surface area contributed by atoms with Crippen LogP contribution >= 0.6 is 23.7 Å². The third-order valence-corrected chi connectivity index (χ3v) is 6.40. The Morgan fingerprint density at radius 2 is 1.56 bits per heavy atom. The van der Waals surface area contributed by atoms with Gasteiger partial charge in [-0.15, -0.1) is 0 Å². The normalized spacial score (nSPS) is 12.2. The number of hydrogen-bond acceptors (Lipinski definition) is 2. The number of rotatable bonds is 3. The van der Waals surface area contributed by atoms with Gasteiger partial charge in [-0.3, -0.25) is 4.98 Å². The van der Waals surface area contributed by atoms with E-state index in [1.807, 2.05) is 54.6 Å². The minimum absolute atomic E-state index is 0.640. The molecule has 0 aliphatic heterocycles. The van der Waals surface area contributed by atoms with Crippen LogP contribution in [0.2, 0.25) is 0 Å². The highest BCUT2D eigenvalue weighted by Crippen LogP contribution is 2.34. The molecule has 4 aromatic rings. The summed E-state index contributed by atoms with van der Waals surface area (Å²) in [4.78, 5) is 4.31. The molecule has 2 nitrogen and oxygen atoms in total. The van der Waals surface area contributed by atoms with Crippen LogP contribution in [0, 0.1) is 0 Å². The van der Waals surface area contributed by atoms with E-state index in [0.717, 1.165) is 31.7 Å². The first-order valence-corrected chi connectivity index (χ1v) is 10.2. The Balaban J connectivity index is 2.00. The second kappa shape index (κ2) is 6.95. The Hall–Kier alpha value is -2.22. The van der Waals surface area contributed by atoms with Crippen LogP contribution in [0.3, 0.4) is 0 Å². The summed E-state index contributed by atoms with van der Waals surface area (Å²) in [5.74, 6) is 0. The molecule has 4 rings (SSSR count). The summed E-state index contributed by atoms with van der Waals surface area (Å²) >= 11 is 3.49. The molecule has 0 saturated heterocycles. The van der Waals surface area contributed by atoms with Crippen molar-refractivity contribution in [3.8, 4) is 11.1 Å². The second-order valence-electron chi connectivity index (χ2n) is 5.76. The van der Waals surface area contributed by atoms with Crippen LogP contribution < -0.4 is 10.7 Å². The van der Waals surface area contributed by atoms with Crippen molar-refractivity contribution in [2.45, 2.75) is 0 Å². The maximum Gasteiger partial charge on any atom is 0.150 e. The molecule has 0 aliphatic carbocycles. The lowest BCUT2D eigenvalue weighted by molar-refractivity contribution is 0.597. The van der Waals surface area contributed by atoms with Crippen molar-refractivity contribution < 1.29 is 4.57 Å². The molecule has 1 atom stereocenters. The van der Waals surface area contributed by atoms with Gasteiger partial charge >= 0.3 is 0 Å². The molecule has 0 aliphatic rings. The van der Waals surface area contributed by atoms with Crippen LogP contribution in [0.15, 0.2) is 89.5 Å². The fraction of sp³-hybridized carbons (Fsp3) is 0. The number of halogens is 1. The van der Waals surface area contributed by atoms with Gasteiger partial charge in [0.2, 0.25) is 0 Å². The number of benzene rings is 3. The number of fused-ring (bicyclic) bond motifs is 1. The zero-order valence-electron chi connectivity index (χ0n) is 13.3. The van der Waals surface area contributed by atoms with Crippen molar-refractivity contribution in [1.29, 1.82) is 0 Å². The Kier molecular flexibility index (Phi) is 4.52. The molecule has 0 fully saturated rings. The quantitative estimate of drug-likeness (QED) is 0.438. The topological polar surface area (TPSA) is 30.0 Å². The van der Waals surface area contributed by atoms with E-state index >= 15 is 0 Å². The van der Waals surface area contributed by atoms with Gasteiger partial charge in [-0.05, 0) is 40.6 Å². The van der Waals surface area contributed by atoms with Crippen molar-refractivity contribution in [1.82, 2.24) is 4.98 Å². The maximum absolute atomic E-state index is 13.3. The SMILES string of the molecule is O=[PH](c1ccccn1)c1ccc2ccccc2c1-c1ccc(Br)cc1. The van der Waals surface area contributed by atoms with E-state index in [1.54, 1.807) is 6.20 Å². The number of nitrogens with zero attached hydrogens (tertiary/aromatic N) is 1. The summed E-state index contributed by atoms with van der Waals surface area (Å²) in [5, 5.41) is 3.10. The van der Waals surface area contributed by atoms with E-state index in [1.165, 1.54) is 0 Å². The van der Waals surface area contributed by atoms with Crippen molar-refractivity contribution in [3.05, 3.63) is 89.5 Å². The van der Waals surface area contributed by atoms with E-state index in [4.69, 9.17) is 0 Å². The number of aromatic nitrogens is 1. The van der Waals surface area contributed by atoms with Crippen molar-refractivity contribution in [2.24, 2.45) is 0 Å². The molecule has 25 heavy (non-hydrogen) atoms. The minimum atomic E-state index is -2.19. The van der Waals surface area contributed by atoms with Gasteiger partial charge in [-0.25, -0.2) is 0 Å². The smallest absolute Gasteiger partial charge is 0.150 e. The standard InChI is InChI=1S/C21H15BrNOP/c22-17-11-8-16(9-12-17)21-18-6-2-1-5-15(18)10-13-19(21)25(24)20-7-3-4-14-23-20/h1-14,25H. The van der Waals surface area contributed by atoms with E-state index in [0.29, 0.717) is 5.44 Å². The van der Waals surface area contributed by atoms with Gasteiger partial charge in [-0.2, -0.15) is 0 Å². The average Bonchev–Trinajstić information content (AvgIpc) is 2.68. The van der Waals surface area contributed by atoms with Crippen LogP contribution in [0.25, 0.3) is 21.9 Å². The first-order valence-electron chi connectivity index (χ1n) is 7.97. The lowest BCUT2D eigenvalue weighted by Gasteiger charge is -2.14. The fourth-order valence-corrected chi connectivity index (χ4v) is 4.74. The van der Waals surface area contributed by atoms with E-state index < -0.39 is 7.80 Å². The van der Waals surface area contributed by atoms with Gasteiger partial charge in [0, 0.05) is 21.5 Å². The molecular weight excluding hydrogens is 393 g/mol. The first kappa shape index (κ1) is 16.3. The van der Waals surface area contributed by atoms with Crippen LogP contribution in [0.5, 0.6) is 0 Å². The summed E-state index contributed by atoms with van der Waals surface area (Å²) in [6.07, 6.45) is 1.69. The summed E-state index contributed by atoms with van der Waals surface area (Å²) in [6, 6.07) is 25.9. The van der Waals surface area contributed by atoms with Gasteiger partial charge in [0.25, 0.3) is 0 Å². The Bertz CT molecular complexity index is 1060. The van der Waals surface area contributed by atoms with Gasteiger partial charge < -0.3 is 4.57 Å². The van der Waals surface area contributed by atoms with Gasteiger partial charge in [0.15, 0.2) is 0 Å². The maximum atomic E-state index is 13.3. The molecule has 3 aromatic carbocycles. The van der Waals surface area contributed by atoms with Crippen LogP contribution in [0.4, 0.5) is 0 Å². The zero-order valence-corrected chi connectivity index (χ0v) is 15.9. The summed E-state index contributed by atoms with van der Waals surface area (Å²) in [6.45, 7) is 0. The third kappa shape index (κ3) is 3.18. The molecule has 0 spiro atoms. The Morgan fingerprint density at radius 1 is 0.800 bits per heavy atom. The van der Waals surface area contributed by atoms with Crippen molar-refractivity contribution >= 4 is 45.2 Å². The predicted octanol–water partition coefficient (Wildman–Crippen LogP) is 5.17. The number of hydrogen-bond donors (Lipinski definition) is 0. The molecule has 122 valence electrons. The molecule has 0 bridgehead atoms. The zero-order chi connectivity index (χ0) is 17.2. The van der Waals surface area contributed by atoms with Gasteiger partial charge in [0.1, 0.15) is 13.2 Å². The molecule has 0 saturated carbocycles. The van der Waals surface area contributed by atoms with E-state index in [2.05, 4.69) is 45.2 Å². The molecule has 0 radical (unpaired) electrons.